The first-order valence-electron chi connectivity index (χ1n) is 7.57. The van der Waals surface area contributed by atoms with Gasteiger partial charge in [-0.3, -0.25) is 0 Å². The van der Waals surface area contributed by atoms with Gasteiger partial charge in [-0.2, -0.15) is 13.2 Å². The average molecular weight is 338 g/mol. The lowest BCUT2D eigenvalue weighted by Crippen LogP contribution is -2.41. The van der Waals surface area contributed by atoms with Crippen LogP contribution in [0.1, 0.15) is 33.3 Å². The summed E-state index contributed by atoms with van der Waals surface area (Å²) in [5.74, 6) is 0.360. The van der Waals surface area contributed by atoms with E-state index in [1.165, 1.54) is 6.20 Å². The average Bonchev–Trinajstić information content (AvgIpc) is 3.04. The fourth-order valence-electron chi connectivity index (χ4n) is 2.49. The zero-order valence-corrected chi connectivity index (χ0v) is 13.9. The van der Waals surface area contributed by atoms with Crippen molar-refractivity contribution >= 4 is 12.6 Å². The molecule has 2 heterocycles. The topological polar surface area (TPSA) is 47.1 Å². The summed E-state index contributed by atoms with van der Waals surface area (Å²) in [7, 11) is -0.869. The molecule has 0 atom stereocenters. The fourth-order valence-corrected chi connectivity index (χ4v) is 2.49. The molecule has 0 aliphatic carbocycles. The Labute approximate surface area is 138 Å². The van der Waals surface area contributed by atoms with E-state index in [0.717, 1.165) is 12.1 Å². The monoisotopic (exact) mass is 338 g/mol. The van der Waals surface area contributed by atoms with Crippen molar-refractivity contribution in [2.24, 2.45) is 0 Å². The molecule has 1 aromatic carbocycles. The fraction of sp³-hybridized carbons (Fsp3) is 0.438. The summed E-state index contributed by atoms with van der Waals surface area (Å²) in [5.41, 5.74) is -1.37. The maximum atomic E-state index is 13.3. The van der Waals surface area contributed by atoms with Crippen LogP contribution in [0.2, 0.25) is 0 Å². The lowest BCUT2D eigenvalue weighted by molar-refractivity contribution is -0.137. The van der Waals surface area contributed by atoms with Gasteiger partial charge in [0.2, 0.25) is 0 Å². The molecule has 0 amide bonds. The molecule has 24 heavy (non-hydrogen) atoms. The first-order chi connectivity index (χ1) is 11.0. The summed E-state index contributed by atoms with van der Waals surface area (Å²) >= 11 is 0. The van der Waals surface area contributed by atoms with Crippen LogP contribution < -0.4 is 5.46 Å². The standard InChI is InChI=1S/C16H18BF3N2O2/c1-14(2)15(3,4)24-17(23-14)12-8-10(13-21-5-6-22-13)7-11(9-12)16(18,19)20/h5-9H,1-4H3,(H,21,22). The molecule has 8 heteroatoms. The number of aromatic amines is 1. The number of imidazole rings is 1. The summed E-state index contributed by atoms with van der Waals surface area (Å²) in [5, 5.41) is 0. The predicted molar refractivity (Wildman–Crippen MR) is 84.7 cm³/mol. The summed E-state index contributed by atoms with van der Waals surface area (Å²) in [4.78, 5) is 6.85. The highest BCUT2D eigenvalue weighted by atomic mass is 19.4. The van der Waals surface area contributed by atoms with Crippen molar-refractivity contribution in [3.8, 4) is 11.4 Å². The van der Waals surface area contributed by atoms with E-state index in [0.29, 0.717) is 16.9 Å². The highest BCUT2D eigenvalue weighted by Crippen LogP contribution is 2.37. The van der Waals surface area contributed by atoms with Crippen molar-refractivity contribution in [2.45, 2.75) is 45.1 Å². The Balaban J connectivity index is 2.07. The molecule has 0 spiro atoms. The zero-order valence-electron chi connectivity index (χ0n) is 13.9. The predicted octanol–water partition coefficient (Wildman–Crippen LogP) is 3.39. The molecule has 0 radical (unpaired) electrons. The van der Waals surface area contributed by atoms with Gasteiger partial charge in [-0.25, -0.2) is 4.98 Å². The number of benzene rings is 1. The van der Waals surface area contributed by atoms with Crippen LogP contribution in [0.5, 0.6) is 0 Å². The number of nitrogens with zero attached hydrogens (tertiary/aromatic N) is 1. The van der Waals surface area contributed by atoms with Crippen LogP contribution in [0.4, 0.5) is 13.2 Å². The van der Waals surface area contributed by atoms with Crippen molar-refractivity contribution in [1.29, 1.82) is 0 Å². The van der Waals surface area contributed by atoms with Crippen LogP contribution in [-0.4, -0.2) is 28.3 Å². The second-order valence-electron chi connectivity index (χ2n) is 6.87. The Kier molecular flexibility index (Phi) is 3.80. The summed E-state index contributed by atoms with van der Waals surface area (Å²) in [6.07, 6.45) is -1.42. The normalized spacial score (nSPS) is 19.7. The molecule has 0 bridgehead atoms. The molecular formula is C16H18BF3N2O2. The van der Waals surface area contributed by atoms with Gasteiger partial charge in [0.15, 0.2) is 0 Å². The molecule has 1 saturated heterocycles. The van der Waals surface area contributed by atoms with Crippen LogP contribution in [-0.2, 0) is 15.5 Å². The molecule has 4 nitrogen and oxygen atoms in total. The molecule has 3 rings (SSSR count). The lowest BCUT2D eigenvalue weighted by Gasteiger charge is -2.32. The maximum absolute atomic E-state index is 13.3. The minimum absolute atomic E-state index is 0.315. The largest absolute Gasteiger partial charge is 0.494 e. The van der Waals surface area contributed by atoms with Gasteiger partial charge < -0.3 is 14.3 Å². The minimum Gasteiger partial charge on any atom is -0.399 e. The second kappa shape index (κ2) is 5.36. The van der Waals surface area contributed by atoms with Gasteiger partial charge >= 0.3 is 13.3 Å². The van der Waals surface area contributed by atoms with E-state index in [1.807, 2.05) is 27.7 Å². The van der Waals surface area contributed by atoms with E-state index in [4.69, 9.17) is 9.31 Å². The Morgan fingerprint density at radius 1 is 1.04 bits per heavy atom. The van der Waals surface area contributed by atoms with E-state index < -0.39 is 30.1 Å². The van der Waals surface area contributed by atoms with Gasteiger partial charge in [-0.1, -0.05) is 12.1 Å². The van der Waals surface area contributed by atoms with E-state index in [9.17, 15) is 13.2 Å². The Hall–Kier alpha value is -1.80. The lowest BCUT2D eigenvalue weighted by atomic mass is 9.77. The molecule has 1 aliphatic heterocycles. The molecule has 1 N–H and O–H groups in total. The number of aromatic nitrogens is 2. The van der Waals surface area contributed by atoms with Gasteiger partial charge in [0, 0.05) is 18.0 Å². The molecule has 1 fully saturated rings. The van der Waals surface area contributed by atoms with Crippen LogP contribution in [0, 0.1) is 0 Å². The van der Waals surface area contributed by atoms with Crippen molar-refractivity contribution < 1.29 is 22.5 Å². The van der Waals surface area contributed by atoms with Crippen molar-refractivity contribution in [3.63, 3.8) is 0 Å². The first kappa shape index (κ1) is 17.0. The zero-order chi connectivity index (χ0) is 17.8. The van der Waals surface area contributed by atoms with Gasteiger partial charge in [0.25, 0.3) is 0 Å². The third kappa shape index (κ3) is 2.96. The molecule has 0 unspecified atom stereocenters. The van der Waals surface area contributed by atoms with Crippen molar-refractivity contribution in [2.75, 3.05) is 0 Å². The molecule has 128 valence electrons. The smallest absolute Gasteiger partial charge is 0.399 e. The molecular weight excluding hydrogens is 320 g/mol. The van der Waals surface area contributed by atoms with Gasteiger partial charge in [0.05, 0.1) is 16.8 Å². The van der Waals surface area contributed by atoms with Crippen molar-refractivity contribution in [3.05, 3.63) is 36.2 Å². The summed E-state index contributed by atoms with van der Waals surface area (Å²) in [6.45, 7) is 7.42. The van der Waals surface area contributed by atoms with E-state index in [1.54, 1.807) is 12.3 Å². The third-order valence-corrected chi connectivity index (χ3v) is 4.58. The number of H-pyrrole nitrogens is 1. The highest BCUT2D eigenvalue weighted by Gasteiger charge is 2.52. The second-order valence-corrected chi connectivity index (χ2v) is 6.87. The number of hydrogen-bond donors (Lipinski definition) is 1. The van der Waals surface area contributed by atoms with Gasteiger partial charge in [-0.15, -0.1) is 0 Å². The van der Waals surface area contributed by atoms with Crippen LogP contribution >= 0.6 is 0 Å². The first-order valence-corrected chi connectivity index (χ1v) is 7.57. The Morgan fingerprint density at radius 3 is 2.17 bits per heavy atom. The van der Waals surface area contributed by atoms with Crippen LogP contribution in [0.3, 0.4) is 0 Å². The highest BCUT2D eigenvalue weighted by molar-refractivity contribution is 6.62. The maximum Gasteiger partial charge on any atom is 0.494 e. The summed E-state index contributed by atoms with van der Waals surface area (Å²) < 4.78 is 51.5. The quantitative estimate of drug-likeness (QED) is 0.854. The number of nitrogens with one attached hydrogen (secondary N) is 1. The summed E-state index contributed by atoms with van der Waals surface area (Å²) in [6, 6.07) is 3.73. The van der Waals surface area contributed by atoms with E-state index >= 15 is 0 Å². The number of hydrogen-bond acceptors (Lipinski definition) is 3. The Morgan fingerprint density at radius 2 is 1.67 bits per heavy atom. The van der Waals surface area contributed by atoms with E-state index in [-0.39, 0.29) is 0 Å². The third-order valence-electron chi connectivity index (χ3n) is 4.58. The molecule has 1 aromatic heterocycles. The molecule has 1 aliphatic rings. The van der Waals surface area contributed by atoms with Crippen LogP contribution in [0.15, 0.2) is 30.6 Å². The van der Waals surface area contributed by atoms with Gasteiger partial charge in [-0.05, 0) is 39.2 Å². The number of alkyl halides is 3. The molecule has 0 saturated carbocycles. The molecule has 2 aromatic rings. The van der Waals surface area contributed by atoms with Gasteiger partial charge in [0.1, 0.15) is 5.82 Å². The number of halogens is 3. The minimum atomic E-state index is -4.47. The van der Waals surface area contributed by atoms with Crippen LogP contribution in [0.25, 0.3) is 11.4 Å². The SMILES string of the molecule is CC1(C)OB(c2cc(-c3ncc[nH]3)cc(C(F)(F)F)c2)OC1(C)C. The van der Waals surface area contributed by atoms with E-state index in [2.05, 4.69) is 9.97 Å². The van der Waals surface area contributed by atoms with Crippen molar-refractivity contribution in [1.82, 2.24) is 9.97 Å². The number of rotatable bonds is 2. The Bertz CT molecular complexity index is 726.